The van der Waals surface area contributed by atoms with Crippen LogP contribution in [-0.4, -0.2) is 12.6 Å². The van der Waals surface area contributed by atoms with Crippen molar-refractivity contribution in [2.24, 2.45) is 0 Å². The fourth-order valence-electron chi connectivity index (χ4n) is 1.90. The minimum Gasteiger partial charge on any atom is -0.496 e. The summed E-state index contributed by atoms with van der Waals surface area (Å²) in [6.07, 6.45) is 2.38. The Morgan fingerprint density at radius 3 is 2.56 bits per heavy atom. The minimum absolute atomic E-state index is 0.190. The molecule has 0 aliphatic rings. The third-order valence-corrected chi connectivity index (χ3v) is 2.82. The fourth-order valence-corrected chi connectivity index (χ4v) is 1.90. The second-order valence-corrected chi connectivity index (χ2v) is 4.80. The molecule has 0 amide bonds. The molecule has 0 unspecified atom stereocenters. The number of ether oxygens (including phenoxy) is 1. The molecule has 0 aliphatic carbocycles. The van der Waals surface area contributed by atoms with Crippen LogP contribution in [0.15, 0.2) is 24.3 Å². The van der Waals surface area contributed by atoms with Gasteiger partial charge < -0.3 is 10.1 Å². The lowest BCUT2D eigenvalue weighted by Gasteiger charge is -2.26. The van der Waals surface area contributed by atoms with E-state index in [4.69, 9.17) is 4.74 Å². The Bertz CT molecular complexity index is 320. The van der Waals surface area contributed by atoms with Crippen LogP contribution >= 0.6 is 0 Å². The second kappa shape index (κ2) is 5.90. The molecule has 0 atom stereocenters. The van der Waals surface area contributed by atoms with E-state index >= 15 is 0 Å². The largest absolute Gasteiger partial charge is 0.496 e. The van der Waals surface area contributed by atoms with E-state index in [2.05, 4.69) is 32.2 Å². The second-order valence-electron chi connectivity index (χ2n) is 4.80. The first-order chi connectivity index (χ1) is 7.59. The van der Waals surface area contributed by atoms with Crippen LogP contribution in [0.5, 0.6) is 5.75 Å². The molecule has 2 heteroatoms. The number of para-hydroxylation sites is 1. The molecule has 0 aliphatic heterocycles. The van der Waals surface area contributed by atoms with Crippen LogP contribution in [0.25, 0.3) is 0 Å². The quantitative estimate of drug-likeness (QED) is 0.795. The van der Waals surface area contributed by atoms with Crippen molar-refractivity contribution < 1.29 is 4.74 Å². The Labute approximate surface area is 99.0 Å². The normalized spacial score (nSPS) is 11.5. The van der Waals surface area contributed by atoms with Gasteiger partial charge in [-0.25, -0.2) is 0 Å². The number of benzene rings is 1. The molecular formula is C14H23NO. The molecule has 0 fully saturated rings. The highest BCUT2D eigenvalue weighted by molar-refractivity contribution is 5.33. The number of hydrogen-bond acceptors (Lipinski definition) is 2. The molecule has 0 heterocycles. The molecule has 0 aromatic heterocycles. The molecule has 1 N–H and O–H groups in total. The third kappa shape index (κ3) is 3.86. The Hall–Kier alpha value is -1.02. The van der Waals surface area contributed by atoms with E-state index in [1.807, 2.05) is 18.2 Å². The zero-order valence-electron chi connectivity index (χ0n) is 10.8. The summed E-state index contributed by atoms with van der Waals surface area (Å²) in [6, 6.07) is 8.16. The molecule has 1 aromatic rings. The van der Waals surface area contributed by atoms with Crippen LogP contribution in [0.1, 0.15) is 39.2 Å². The van der Waals surface area contributed by atoms with Gasteiger partial charge in [-0.05, 0) is 26.3 Å². The van der Waals surface area contributed by atoms with Gasteiger partial charge in [-0.15, -0.1) is 0 Å². The third-order valence-electron chi connectivity index (χ3n) is 2.82. The van der Waals surface area contributed by atoms with E-state index < -0.39 is 0 Å². The Balaban J connectivity index is 2.60. The first-order valence-electron chi connectivity index (χ1n) is 5.96. The van der Waals surface area contributed by atoms with Gasteiger partial charge in [0.1, 0.15) is 5.75 Å². The van der Waals surface area contributed by atoms with E-state index in [0.717, 1.165) is 12.3 Å². The average Bonchev–Trinajstić information content (AvgIpc) is 2.27. The van der Waals surface area contributed by atoms with Crippen molar-refractivity contribution >= 4 is 0 Å². The van der Waals surface area contributed by atoms with Gasteiger partial charge in [-0.3, -0.25) is 0 Å². The fraction of sp³-hybridized carbons (Fsp3) is 0.571. The molecule has 1 aromatic carbocycles. The molecule has 2 nitrogen and oxygen atoms in total. The van der Waals surface area contributed by atoms with E-state index in [9.17, 15) is 0 Å². The molecule has 0 bridgehead atoms. The van der Waals surface area contributed by atoms with E-state index in [1.165, 1.54) is 18.4 Å². The maximum Gasteiger partial charge on any atom is 0.123 e. The van der Waals surface area contributed by atoms with Crippen LogP contribution in [0.4, 0.5) is 0 Å². The first kappa shape index (κ1) is 13.0. The van der Waals surface area contributed by atoms with Crippen molar-refractivity contribution in [2.45, 2.75) is 45.7 Å². The minimum atomic E-state index is 0.190. The zero-order chi connectivity index (χ0) is 12.0. The van der Waals surface area contributed by atoms with Crippen LogP contribution in [0.3, 0.4) is 0 Å². The predicted octanol–water partition coefficient (Wildman–Crippen LogP) is 3.36. The number of hydrogen-bond donors (Lipinski definition) is 1. The Morgan fingerprint density at radius 2 is 1.94 bits per heavy atom. The SMILES string of the molecule is CCCC(C)(C)NCc1ccccc1OC. The smallest absolute Gasteiger partial charge is 0.123 e. The monoisotopic (exact) mass is 221 g/mol. The molecule has 0 radical (unpaired) electrons. The Morgan fingerprint density at radius 1 is 1.25 bits per heavy atom. The Kier molecular flexibility index (Phi) is 4.81. The lowest BCUT2D eigenvalue weighted by molar-refractivity contribution is 0.350. The van der Waals surface area contributed by atoms with Crippen molar-refractivity contribution in [1.29, 1.82) is 0 Å². The molecule has 16 heavy (non-hydrogen) atoms. The van der Waals surface area contributed by atoms with Gasteiger partial charge in [-0.1, -0.05) is 31.5 Å². The van der Waals surface area contributed by atoms with Gasteiger partial charge in [0.05, 0.1) is 7.11 Å². The van der Waals surface area contributed by atoms with Gasteiger partial charge in [0.25, 0.3) is 0 Å². The number of rotatable bonds is 6. The molecule has 1 rings (SSSR count). The number of methoxy groups -OCH3 is 1. The maximum absolute atomic E-state index is 5.33. The standard InChI is InChI=1S/C14H23NO/c1-5-10-14(2,3)15-11-12-8-6-7-9-13(12)16-4/h6-9,15H,5,10-11H2,1-4H3. The topological polar surface area (TPSA) is 21.3 Å². The summed E-state index contributed by atoms with van der Waals surface area (Å²) >= 11 is 0. The van der Waals surface area contributed by atoms with Gasteiger partial charge in [0.2, 0.25) is 0 Å². The van der Waals surface area contributed by atoms with Crippen LogP contribution in [0, 0.1) is 0 Å². The van der Waals surface area contributed by atoms with Gasteiger partial charge in [0, 0.05) is 17.6 Å². The molecule has 90 valence electrons. The van der Waals surface area contributed by atoms with Gasteiger partial charge >= 0.3 is 0 Å². The lowest BCUT2D eigenvalue weighted by Crippen LogP contribution is -2.38. The molecule has 0 saturated heterocycles. The summed E-state index contributed by atoms with van der Waals surface area (Å²) in [5, 5.41) is 3.57. The van der Waals surface area contributed by atoms with Gasteiger partial charge in [0.15, 0.2) is 0 Å². The van der Waals surface area contributed by atoms with Crippen molar-refractivity contribution in [3.63, 3.8) is 0 Å². The highest BCUT2D eigenvalue weighted by atomic mass is 16.5. The molecule has 0 saturated carbocycles. The van der Waals surface area contributed by atoms with Crippen LogP contribution in [-0.2, 0) is 6.54 Å². The molecular weight excluding hydrogens is 198 g/mol. The summed E-state index contributed by atoms with van der Waals surface area (Å²) in [7, 11) is 1.72. The summed E-state index contributed by atoms with van der Waals surface area (Å²) in [6.45, 7) is 7.56. The van der Waals surface area contributed by atoms with Crippen molar-refractivity contribution in [3.8, 4) is 5.75 Å². The van der Waals surface area contributed by atoms with Crippen LogP contribution < -0.4 is 10.1 Å². The van der Waals surface area contributed by atoms with Gasteiger partial charge in [-0.2, -0.15) is 0 Å². The van der Waals surface area contributed by atoms with Crippen molar-refractivity contribution in [2.75, 3.05) is 7.11 Å². The summed E-state index contributed by atoms with van der Waals surface area (Å²) in [5.41, 5.74) is 1.41. The van der Waals surface area contributed by atoms with E-state index in [0.29, 0.717) is 0 Å². The number of nitrogens with one attached hydrogen (secondary N) is 1. The first-order valence-corrected chi connectivity index (χ1v) is 5.96. The van der Waals surface area contributed by atoms with Crippen molar-refractivity contribution in [1.82, 2.24) is 5.32 Å². The van der Waals surface area contributed by atoms with Crippen LogP contribution in [0.2, 0.25) is 0 Å². The zero-order valence-corrected chi connectivity index (χ0v) is 10.8. The highest BCUT2D eigenvalue weighted by Crippen LogP contribution is 2.19. The average molecular weight is 221 g/mol. The van der Waals surface area contributed by atoms with E-state index in [-0.39, 0.29) is 5.54 Å². The van der Waals surface area contributed by atoms with E-state index in [1.54, 1.807) is 7.11 Å². The summed E-state index contributed by atoms with van der Waals surface area (Å²) in [4.78, 5) is 0. The highest BCUT2D eigenvalue weighted by Gasteiger charge is 2.15. The lowest BCUT2D eigenvalue weighted by atomic mass is 9.98. The van der Waals surface area contributed by atoms with Crippen molar-refractivity contribution in [3.05, 3.63) is 29.8 Å². The maximum atomic E-state index is 5.33. The predicted molar refractivity (Wildman–Crippen MR) is 68.8 cm³/mol. The summed E-state index contributed by atoms with van der Waals surface area (Å²) in [5.74, 6) is 0.960. The molecule has 0 spiro atoms. The summed E-state index contributed by atoms with van der Waals surface area (Å²) < 4.78 is 5.33.